The molecule has 2 amide bonds. The van der Waals surface area contributed by atoms with Gasteiger partial charge in [-0.25, -0.2) is 14.5 Å². The number of hydrogen-bond donors (Lipinski definition) is 0. The molecule has 3 rings (SSSR count). The Morgan fingerprint density at radius 2 is 1.58 bits per heavy atom. The molecule has 9 nitrogen and oxygen atoms in total. The number of hydrogen-bond acceptors (Lipinski definition) is 7. The summed E-state index contributed by atoms with van der Waals surface area (Å²) >= 11 is 0. The smallest absolute Gasteiger partial charge is 0.449 e. The summed E-state index contributed by atoms with van der Waals surface area (Å²) in [5.74, 6) is -1.29. The van der Waals surface area contributed by atoms with Gasteiger partial charge < -0.3 is 18.8 Å². The van der Waals surface area contributed by atoms with E-state index < -0.39 is 29.3 Å². The predicted octanol–water partition coefficient (Wildman–Crippen LogP) is 4.19. The van der Waals surface area contributed by atoms with Gasteiger partial charge in [-0.3, -0.25) is 9.59 Å². The molecule has 0 radical (unpaired) electrons. The van der Waals surface area contributed by atoms with E-state index in [1.54, 1.807) is 62.4 Å². The van der Waals surface area contributed by atoms with E-state index in [1.165, 1.54) is 11.6 Å². The van der Waals surface area contributed by atoms with Gasteiger partial charge in [0.1, 0.15) is 5.56 Å². The molecule has 1 aromatic heterocycles. The van der Waals surface area contributed by atoms with E-state index in [0.29, 0.717) is 10.9 Å². The molecule has 33 heavy (non-hydrogen) atoms. The largest absolute Gasteiger partial charge is 0.513 e. The number of anilines is 1. The van der Waals surface area contributed by atoms with Crippen molar-refractivity contribution < 1.29 is 28.6 Å². The van der Waals surface area contributed by atoms with Gasteiger partial charge in [-0.2, -0.15) is 0 Å². The van der Waals surface area contributed by atoms with Crippen LogP contribution in [0.5, 0.6) is 5.75 Å². The van der Waals surface area contributed by atoms with E-state index in [2.05, 4.69) is 0 Å². The number of carbonyl (C=O) groups excluding carboxylic acids is 3. The Hall–Kier alpha value is -4.14. The molecule has 3 aromatic rings. The molecule has 0 N–H and O–H groups in total. The average molecular weight is 452 g/mol. The number of amides is 2. The Labute approximate surface area is 190 Å². The number of fused-ring (bicyclic) bond motifs is 1. The lowest BCUT2D eigenvalue weighted by Gasteiger charge is -2.22. The molecule has 0 spiro atoms. The summed E-state index contributed by atoms with van der Waals surface area (Å²) < 4.78 is 16.5. The van der Waals surface area contributed by atoms with Crippen molar-refractivity contribution >= 4 is 34.7 Å². The van der Waals surface area contributed by atoms with E-state index >= 15 is 0 Å². The minimum absolute atomic E-state index is 0.0103. The number of rotatable bonds is 5. The second kappa shape index (κ2) is 9.99. The fraction of sp³-hybridized carbons (Fsp3) is 0.250. The van der Waals surface area contributed by atoms with Crippen molar-refractivity contribution in [3.63, 3.8) is 0 Å². The van der Waals surface area contributed by atoms with E-state index in [-0.39, 0.29) is 24.7 Å². The van der Waals surface area contributed by atoms with E-state index in [0.717, 1.165) is 10.5 Å². The van der Waals surface area contributed by atoms with E-state index in [4.69, 9.17) is 14.2 Å². The standard InChI is InChI=1S/C24H24N2O7/c1-5-31-23(29)26(16-13-11-15(3)12-14-16)22(28)19-20(33-24(30)32-6-2)17-9-7-8-10-18(17)25(4)21(19)27/h7-14H,5-6H2,1-4H3. The van der Waals surface area contributed by atoms with Crippen molar-refractivity contribution in [2.45, 2.75) is 20.8 Å². The fourth-order valence-electron chi connectivity index (χ4n) is 3.29. The fourth-order valence-corrected chi connectivity index (χ4v) is 3.29. The number of aryl methyl sites for hydroxylation is 2. The van der Waals surface area contributed by atoms with Gasteiger partial charge >= 0.3 is 12.2 Å². The number of para-hydroxylation sites is 1. The Balaban J connectivity index is 2.28. The van der Waals surface area contributed by atoms with Crippen LogP contribution in [0.2, 0.25) is 0 Å². The number of benzene rings is 2. The lowest BCUT2D eigenvalue weighted by atomic mass is 10.1. The van der Waals surface area contributed by atoms with Crippen molar-refractivity contribution in [1.82, 2.24) is 4.57 Å². The third-order valence-corrected chi connectivity index (χ3v) is 4.86. The van der Waals surface area contributed by atoms with Crippen LogP contribution in [0.4, 0.5) is 15.3 Å². The lowest BCUT2D eigenvalue weighted by Crippen LogP contribution is -2.41. The highest BCUT2D eigenvalue weighted by molar-refractivity contribution is 6.21. The molecule has 9 heteroatoms. The first kappa shape index (κ1) is 23.5. The van der Waals surface area contributed by atoms with Gasteiger partial charge in [-0.15, -0.1) is 0 Å². The summed E-state index contributed by atoms with van der Waals surface area (Å²) in [7, 11) is 1.48. The quantitative estimate of drug-likeness (QED) is 0.535. The lowest BCUT2D eigenvalue weighted by molar-refractivity contribution is 0.0952. The summed E-state index contributed by atoms with van der Waals surface area (Å²) in [4.78, 5) is 52.7. The topological polar surface area (TPSA) is 104 Å². The van der Waals surface area contributed by atoms with Gasteiger partial charge in [0.2, 0.25) is 0 Å². The molecule has 0 fully saturated rings. The van der Waals surface area contributed by atoms with Crippen LogP contribution in [0.3, 0.4) is 0 Å². The van der Waals surface area contributed by atoms with Gasteiger partial charge in [0.15, 0.2) is 5.75 Å². The van der Waals surface area contributed by atoms with Crippen molar-refractivity contribution in [2.24, 2.45) is 7.05 Å². The number of pyridine rings is 1. The third-order valence-electron chi connectivity index (χ3n) is 4.86. The van der Waals surface area contributed by atoms with Crippen molar-refractivity contribution in [2.75, 3.05) is 18.1 Å². The maximum absolute atomic E-state index is 13.7. The molecule has 0 aliphatic carbocycles. The molecular weight excluding hydrogens is 428 g/mol. The van der Waals surface area contributed by atoms with Crippen LogP contribution >= 0.6 is 0 Å². The summed E-state index contributed by atoms with van der Waals surface area (Å²) in [6.45, 7) is 5.08. The van der Waals surface area contributed by atoms with Crippen LogP contribution in [-0.2, 0) is 16.5 Å². The summed E-state index contributed by atoms with van der Waals surface area (Å²) in [6, 6.07) is 13.2. The van der Waals surface area contributed by atoms with Crippen molar-refractivity contribution in [3.8, 4) is 5.75 Å². The molecule has 2 aromatic carbocycles. The van der Waals surface area contributed by atoms with Crippen LogP contribution in [-0.4, -0.2) is 35.9 Å². The SMILES string of the molecule is CCOC(=O)Oc1c(C(=O)N(C(=O)OCC)c2ccc(C)cc2)c(=O)n(C)c2ccccc12. The molecule has 0 saturated carbocycles. The van der Waals surface area contributed by atoms with Gasteiger partial charge in [0.05, 0.1) is 24.4 Å². The highest BCUT2D eigenvalue weighted by Crippen LogP contribution is 2.30. The molecule has 0 saturated heterocycles. The summed E-state index contributed by atoms with van der Waals surface area (Å²) in [6.07, 6.45) is -2.05. The molecule has 1 heterocycles. The third kappa shape index (κ3) is 4.72. The van der Waals surface area contributed by atoms with Gasteiger partial charge in [-0.1, -0.05) is 29.8 Å². The minimum Gasteiger partial charge on any atom is -0.449 e. The number of ether oxygens (including phenoxy) is 3. The molecule has 0 aliphatic heterocycles. The first-order valence-corrected chi connectivity index (χ1v) is 10.3. The normalized spacial score (nSPS) is 10.5. The molecule has 0 unspecified atom stereocenters. The van der Waals surface area contributed by atoms with E-state index in [1.807, 2.05) is 6.92 Å². The van der Waals surface area contributed by atoms with Gasteiger partial charge in [-0.05, 0) is 45.0 Å². The van der Waals surface area contributed by atoms with Crippen LogP contribution in [0, 0.1) is 6.92 Å². The molecule has 172 valence electrons. The van der Waals surface area contributed by atoms with Crippen molar-refractivity contribution in [1.29, 1.82) is 0 Å². The highest BCUT2D eigenvalue weighted by Gasteiger charge is 2.33. The number of carbonyl (C=O) groups is 3. The van der Waals surface area contributed by atoms with Crippen LogP contribution in [0.25, 0.3) is 10.9 Å². The molecule has 0 bridgehead atoms. The molecule has 0 atom stereocenters. The molecular formula is C24H24N2O7. The first-order chi connectivity index (χ1) is 15.8. The Bertz CT molecular complexity index is 1260. The van der Waals surface area contributed by atoms with Gasteiger partial charge in [0, 0.05) is 12.4 Å². The van der Waals surface area contributed by atoms with Gasteiger partial charge in [0.25, 0.3) is 11.5 Å². The van der Waals surface area contributed by atoms with E-state index in [9.17, 15) is 19.2 Å². The van der Waals surface area contributed by atoms with Crippen LogP contribution < -0.4 is 15.2 Å². The van der Waals surface area contributed by atoms with Crippen LogP contribution in [0.15, 0.2) is 53.3 Å². The second-order valence-electron chi connectivity index (χ2n) is 7.05. The zero-order valence-corrected chi connectivity index (χ0v) is 18.8. The van der Waals surface area contributed by atoms with Crippen molar-refractivity contribution in [3.05, 3.63) is 70.0 Å². The predicted molar refractivity (Wildman–Crippen MR) is 122 cm³/mol. The Kier molecular flexibility index (Phi) is 7.12. The number of nitrogens with zero attached hydrogens (tertiary/aromatic N) is 2. The summed E-state index contributed by atoms with van der Waals surface area (Å²) in [5.41, 5.74) is 0.276. The van der Waals surface area contributed by atoms with Crippen LogP contribution in [0.1, 0.15) is 29.8 Å². The second-order valence-corrected chi connectivity index (χ2v) is 7.05. The first-order valence-electron chi connectivity index (χ1n) is 10.3. The minimum atomic E-state index is -1.08. The maximum Gasteiger partial charge on any atom is 0.513 e. The monoisotopic (exact) mass is 452 g/mol. The average Bonchev–Trinajstić information content (AvgIpc) is 2.79. The zero-order valence-electron chi connectivity index (χ0n) is 18.8. The number of aromatic nitrogens is 1. The maximum atomic E-state index is 13.7. The summed E-state index contributed by atoms with van der Waals surface area (Å²) in [5, 5.41) is 0.323. The zero-order chi connectivity index (χ0) is 24.1. The Morgan fingerprint density at radius 1 is 0.939 bits per heavy atom. The number of imide groups is 1. The highest BCUT2D eigenvalue weighted by atomic mass is 16.7. The Morgan fingerprint density at radius 3 is 2.21 bits per heavy atom. The molecule has 0 aliphatic rings.